The van der Waals surface area contributed by atoms with Gasteiger partial charge in [0.1, 0.15) is 23.7 Å². The van der Waals surface area contributed by atoms with Crippen LogP contribution >= 0.6 is 0 Å². The lowest BCUT2D eigenvalue weighted by Gasteiger charge is -2.60. The Labute approximate surface area is 322 Å². The van der Waals surface area contributed by atoms with E-state index in [2.05, 4.69) is 17.6 Å². The molecule has 0 bridgehead atoms. The SMILES string of the molecule is CC=C(CC[NH2+]C)C(=O)OC1CC2C(O)C3C(=O)CC(CO)OC3C(C(CC3CCCC(O)C3)C3CCNC(N)C3)C2OC1(C)CCC1CCC(N)[NH2+]C1. The number of Topliss-reactive ketones (excluding diaryl/α,β-unsaturated/α-hetero) is 1. The summed E-state index contributed by atoms with van der Waals surface area (Å²) in [7, 11) is 1.98. The zero-order chi connectivity index (χ0) is 38.6. The number of piperidine rings is 2. The van der Waals surface area contributed by atoms with Crippen molar-refractivity contribution in [2.24, 2.45) is 52.9 Å². The Balaban J connectivity index is 1.39. The molecule has 16 atom stereocenters. The predicted molar refractivity (Wildman–Crippen MR) is 202 cm³/mol. The minimum absolute atomic E-state index is 0.0453. The lowest BCUT2D eigenvalue weighted by molar-refractivity contribution is -0.703. The number of ether oxygens (including phenoxy) is 3. The highest BCUT2D eigenvalue weighted by Gasteiger charge is 2.63. The summed E-state index contributed by atoms with van der Waals surface area (Å²) in [5.74, 6) is -0.920. The molecule has 4 saturated heterocycles. The van der Waals surface area contributed by atoms with Gasteiger partial charge in [-0.25, -0.2) is 4.79 Å². The van der Waals surface area contributed by atoms with Gasteiger partial charge in [-0.15, -0.1) is 0 Å². The Hall–Kier alpha value is -1.52. The number of nitrogens with one attached hydrogen (secondary N) is 1. The van der Waals surface area contributed by atoms with Crippen molar-refractivity contribution < 1.29 is 49.8 Å². The monoisotopic (exact) mass is 764 g/mol. The first-order chi connectivity index (χ1) is 25.9. The number of hydrogen-bond donors (Lipinski definition) is 8. The smallest absolute Gasteiger partial charge is 0.334 e. The first-order valence-corrected chi connectivity index (χ1v) is 21.5. The molecule has 54 heavy (non-hydrogen) atoms. The molecule has 0 aromatic carbocycles. The minimum Gasteiger partial charge on any atom is -0.456 e. The largest absolute Gasteiger partial charge is 0.456 e. The van der Waals surface area contributed by atoms with Gasteiger partial charge in [0.25, 0.3) is 0 Å². The molecule has 4 heterocycles. The number of aliphatic hydroxyl groups excluding tert-OH is 3. The van der Waals surface area contributed by atoms with Crippen LogP contribution in [0, 0.1) is 41.4 Å². The molecular formula is C41H73N5O8+2. The summed E-state index contributed by atoms with van der Waals surface area (Å²) in [6, 6.07) is 0. The van der Waals surface area contributed by atoms with Crippen molar-refractivity contribution in [3.05, 3.63) is 11.6 Å². The van der Waals surface area contributed by atoms with E-state index in [1.165, 1.54) is 0 Å². The van der Waals surface area contributed by atoms with Crippen molar-refractivity contribution in [2.45, 2.75) is 158 Å². The van der Waals surface area contributed by atoms with Crippen LogP contribution in [0.15, 0.2) is 11.6 Å². The number of allylic oxidation sites excluding steroid dienone is 1. The maximum atomic E-state index is 14.1. The topological polar surface area (TPSA) is 220 Å². The van der Waals surface area contributed by atoms with Crippen molar-refractivity contribution in [3.63, 3.8) is 0 Å². The molecule has 6 rings (SSSR count). The summed E-state index contributed by atoms with van der Waals surface area (Å²) in [5, 5.41) is 41.1. The Morgan fingerprint density at radius 1 is 1.13 bits per heavy atom. The maximum Gasteiger partial charge on any atom is 0.334 e. The summed E-state index contributed by atoms with van der Waals surface area (Å²) >= 11 is 0. The fourth-order valence-electron chi connectivity index (χ4n) is 11.4. The van der Waals surface area contributed by atoms with Gasteiger partial charge in [-0.05, 0) is 95.9 Å². The van der Waals surface area contributed by atoms with Gasteiger partial charge in [0.2, 0.25) is 0 Å². The standard InChI is InChI=1S/C41H71N5O8/c1-4-25(11-14-44-3)40(51)53-32-20-30-37(50)36-31(49)19-28(22-47)52-39(36)35(38(30)54-41(32,2)13-10-23-8-9-33(42)46-21-23)29(26-12-15-45-34(43)18-26)17-24-6-5-7-27(48)16-24/h4,23-24,26-30,32-39,44-48,50H,5-22,42-43H2,1-3H3/p+2. The van der Waals surface area contributed by atoms with Crippen LogP contribution in [-0.4, -0.2) is 115 Å². The Morgan fingerprint density at radius 2 is 1.94 bits per heavy atom. The molecule has 2 saturated carbocycles. The lowest BCUT2D eigenvalue weighted by Crippen LogP contribution is -2.95. The van der Waals surface area contributed by atoms with Gasteiger partial charge in [0.15, 0.2) is 0 Å². The Bertz CT molecular complexity index is 1280. The van der Waals surface area contributed by atoms with Gasteiger partial charge < -0.3 is 51.2 Å². The van der Waals surface area contributed by atoms with E-state index >= 15 is 0 Å². The second kappa shape index (κ2) is 18.8. The zero-order valence-corrected chi connectivity index (χ0v) is 33.2. The molecule has 13 heteroatoms. The first kappa shape index (κ1) is 42.1. The van der Waals surface area contributed by atoms with Gasteiger partial charge in [-0.3, -0.25) is 10.5 Å². The molecule has 0 radical (unpaired) electrons. The van der Waals surface area contributed by atoms with Crippen LogP contribution in [0.4, 0.5) is 0 Å². The Morgan fingerprint density at radius 3 is 2.63 bits per heavy atom. The van der Waals surface area contributed by atoms with Crippen molar-refractivity contribution in [2.75, 3.05) is 33.3 Å². The van der Waals surface area contributed by atoms with Gasteiger partial charge in [0.05, 0.1) is 69.3 Å². The number of aliphatic hydroxyl groups is 3. The third kappa shape index (κ3) is 9.60. The van der Waals surface area contributed by atoms with Crippen LogP contribution in [0.1, 0.15) is 104 Å². The third-order valence-electron chi connectivity index (χ3n) is 14.5. The Kier molecular flexibility index (Phi) is 14.7. The number of ketones is 1. The molecule has 0 spiro atoms. The van der Waals surface area contributed by atoms with E-state index < -0.39 is 48.0 Å². The summed E-state index contributed by atoms with van der Waals surface area (Å²) in [5.41, 5.74) is 12.6. The van der Waals surface area contributed by atoms with E-state index in [0.717, 1.165) is 83.8 Å². The van der Waals surface area contributed by atoms with Crippen LogP contribution in [0.5, 0.6) is 0 Å². The average molecular weight is 764 g/mol. The molecule has 16 unspecified atom stereocenters. The summed E-state index contributed by atoms with van der Waals surface area (Å²) < 4.78 is 20.7. The second-order valence-electron chi connectivity index (χ2n) is 18.2. The number of quaternary nitrogens is 2. The number of carbonyl (C=O) groups is 2. The fourth-order valence-corrected chi connectivity index (χ4v) is 11.4. The quantitative estimate of drug-likeness (QED) is 0.0907. The summed E-state index contributed by atoms with van der Waals surface area (Å²) in [6.07, 6.45) is 8.70. The number of hydrogen-bond acceptors (Lipinski definition) is 11. The highest BCUT2D eigenvalue weighted by Crippen LogP contribution is 2.55. The molecule has 6 aliphatic rings. The molecule has 0 aromatic rings. The molecule has 12 N–H and O–H groups in total. The van der Waals surface area contributed by atoms with Crippen LogP contribution in [0.3, 0.4) is 0 Å². The maximum absolute atomic E-state index is 14.1. The van der Waals surface area contributed by atoms with E-state index in [9.17, 15) is 24.9 Å². The average Bonchev–Trinajstić information content (AvgIpc) is 3.15. The van der Waals surface area contributed by atoms with Crippen LogP contribution < -0.4 is 27.4 Å². The highest BCUT2D eigenvalue weighted by atomic mass is 16.6. The first-order valence-electron chi connectivity index (χ1n) is 21.5. The number of fused-ring (bicyclic) bond motifs is 2. The van der Waals surface area contributed by atoms with Gasteiger partial charge in [-0.2, -0.15) is 0 Å². The second-order valence-corrected chi connectivity index (χ2v) is 18.2. The minimum atomic E-state index is -1.05. The molecule has 2 aliphatic carbocycles. The van der Waals surface area contributed by atoms with Crippen LogP contribution in [0.25, 0.3) is 0 Å². The number of carbonyl (C=O) groups excluding carboxylic acids is 2. The van der Waals surface area contributed by atoms with Gasteiger partial charge >= 0.3 is 5.97 Å². The normalized spacial score (nSPS) is 43.9. The molecule has 0 aromatic heterocycles. The number of esters is 1. The van der Waals surface area contributed by atoms with Gasteiger partial charge in [0, 0.05) is 42.6 Å². The zero-order valence-electron chi connectivity index (χ0n) is 33.2. The number of rotatable bonds is 13. The van der Waals surface area contributed by atoms with E-state index in [1.807, 2.05) is 25.4 Å². The van der Waals surface area contributed by atoms with Crippen LogP contribution in [0.2, 0.25) is 0 Å². The predicted octanol–water partition coefficient (Wildman–Crippen LogP) is -0.202. The molecular weight excluding hydrogens is 690 g/mol. The van der Waals surface area contributed by atoms with Crippen molar-refractivity contribution in [1.82, 2.24) is 5.32 Å². The van der Waals surface area contributed by atoms with Gasteiger partial charge in [-0.1, -0.05) is 18.9 Å². The number of nitrogens with two attached hydrogens (primary N) is 4. The van der Waals surface area contributed by atoms with Crippen molar-refractivity contribution in [3.8, 4) is 0 Å². The van der Waals surface area contributed by atoms with Crippen molar-refractivity contribution >= 4 is 11.8 Å². The van der Waals surface area contributed by atoms with E-state index in [0.29, 0.717) is 36.7 Å². The van der Waals surface area contributed by atoms with E-state index in [4.69, 9.17) is 25.7 Å². The molecule has 13 nitrogen and oxygen atoms in total. The molecule has 0 amide bonds. The van der Waals surface area contributed by atoms with Crippen LogP contribution in [-0.2, 0) is 23.8 Å². The summed E-state index contributed by atoms with van der Waals surface area (Å²) in [4.78, 5) is 27.9. The summed E-state index contributed by atoms with van der Waals surface area (Å²) in [6.45, 7) is 6.17. The highest BCUT2D eigenvalue weighted by molar-refractivity contribution is 5.88. The van der Waals surface area contributed by atoms with Crippen molar-refractivity contribution in [1.29, 1.82) is 0 Å². The van der Waals surface area contributed by atoms with E-state index in [-0.39, 0.29) is 61.0 Å². The molecule has 6 fully saturated rings. The third-order valence-corrected chi connectivity index (χ3v) is 14.5. The lowest BCUT2D eigenvalue weighted by atomic mass is 9.56. The van der Waals surface area contributed by atoms with E-state index in [1.54, 1.807) is 0 Å². The molecule has 308 valence electrons. The fraction of sp³-hybridized carbons (Fsp3) is 0.902. The molecule has 4 aliphatic heterocycles.